The van der Waals surface area contributed by atoms with Crippen molar-refractivity contribution in [3.8, 4) is 11.5 Å². The van der Waals surface area contributed by atoms with Crippen molar-refractivity contribution in [1.82, 2.24) is 10.2 Å². The standard InChI is InChI=1S/C23H32N2O2.ClH/c1-4-5-9-24-14-15-11-17-18-13-16-6-7-19(26-3)22-21(16)23(17,8-10-25(18)2)20(12-15)27-22;/h6-7,12,17-18,20,24H,4-5,8-11,13-14H2,1-3H3;1H. The molecule has 154 valence electrons. The van der Waals surface area contributed by atoms with Gasteiger partial charge in [-0.3, -0.25) is 0 Å². The first-order valence-electron chi connectivity index (χ1n) is 10.7. The number of hydrogen-bond acceptors (Lipinski definition) is 4. The molecular formula is C23H33ClN2O2. The van der Waals surface area contributed by atoms with Gasteiger partial charge in [0.15, 0.2) is 11.5 Å². The molecule has 28 heavy (non-hydrogen) atoms. The third kappa shape index (κ3) is 2.72. The Kier molecular flexibility index (Phi) is 5.41. The van der Waals surface area contributed by atoms with Gasteiger partial charge in [-0.1, -0.05) is 25.0 Å². The molecule has 4 unspecified atom stereocenters. The van der Waals surface area contributed by atoms with Crippen LogP contribution in [0, 0.1) is 5.92 Å². The van der Waals surface area contributed by atoms with E-state index < -0.39 is 0 Å². The van der Waals surface area contributed by atoms with Crippen LogP contribution in [-0.4, -0.2) is 50.8 Å². The van der Waals surface area contributed by atoms with E-state index in [0.29, 0.717) is 12.0 Å². The molecule has 4 aliphatic rings. The van der Waals surface area contributed by atoms with Crippen molar-refractivity contribution in [3.05, 3.63) is 34.9 Å². The Morgan fingerprint density at radius 1 is 1.32 bits per heavy atom. The summed E-state index contributed by atoms with van der Waals surface area (Å²) in [5, 5.41) is 3.65. The second-order valence-corrected chi connectivity index (χ2v) is 8.88. The average molecular weight is 405 g/mol. The summed E-state index contributed by atoms with van der Waals surface area (Å²) in [6, 6.07) is 5.02. The van der Waals surface area contributed by atoms with Gasteiger partial charge in [-0.25, -0.2) is 0 Å². The fraction of sp³-hybridized carbons (Fsp3) is 0.652. The highest BCUT2D eigenvalue weighted by Gasteiger charge is 2.62. The zero-order valence-electron chi connectivity index (χ0n) is 17.3. The van der Waals surface area contributed by atoms with E-state index in [2.05, 4.69) is 42.4 Å². The van der Waals surface area contributed by atoms with E-state index in [0.717, 1.165) is 37.6 Å². The number of halogens is 1. The van der Waals surface area contributed by atoms with Gasteiger partial charge >= 0.3 is 0 Å². The van der Waals surface area contributed by atoms with Crippen molar-refractivity contribution in [3.63, 3.8) is 0 Å². The molecule has 5 rings (SSSR count). The minimum atomic E-state index is 0. The maximum atomic E-state index is 6.65. The summed E-state index contributed by atoms with van der Waals surface area (Å²) in [6.07, 6.45) is 8.64. The second-order valence-electron chi connectivity index (χ2n) is 8.88. The molecule has 4 atom stereocenters. The number of methoxy groups -OCH3 is 1. The van der Waals surface area contributed by atoms with E-state index in [1.807, 2.05) is 0 Å². The Hall–Kier alpha value is -1.23. The van der Waals surface area contributed by atoms with Crippen LogP contribution in [0.3, 0.4) is 0 Å². The summed E-state index contributed by atoms with van der Waals surface area (Å²) in [5.41, 5.74) is 4.66. The fourth-order valence-electron chi connectivity index (χ4n) is 6.23. The first-order valence-corrected chi connectivity index (χ1v) is 10.7. The third-order valence-corrected chi connectivity index (χ3v) is 7.57. The molecule has 2 aliphatic carbocycles. The molecular weight excluding hydrogens is 372 g/mol. The largest absolute Gasteiger partial charge is 0.493 e. The minimum absolute atomic E-state index is 0. The molecule has 0 amide bonds. The van der Waals surface area contributed by atoms with Crippen LogP contribution in [0.5, 0.6) is 11.5 Å². The molecule has 1 fully saturated rings. The van der Waals surface area contributed by atoms with Gasteiger partial charge in [-0.05, 0) is 69.4 Å². The topological polar surface area (TPSA) is 33.7 Å². The van der Waals surface area contributed by atoms with E-state index in [1.54, 1.807) is 7.11 Å². The molecule has 1 saturated heterocycles. The van der Waals surface area contributed by atoms with Crippen molar-refractivity contribution in [2.45, 2.75) is 56.6 Å². The smallest absolute Gasteiger partial charge is 0.166 e. The van der Waals surface area contributed by atoms with Crippen molar-refractivity contribution in [2.75, 3.05) is 33.8 Å². The molecule has 1 aromatic carbocycles. The van der Waals surface area contributed by atoms with Gasteiger partial charge in [0.25, 0.3) is 0 Å². The van der Waals surface area contributed by atoms with Crippen LogP contribution in [0.25, 0.3) is 0 Å². The Morgan fingerprint density at radius 3 is 2.96 bits per heavy atom. The van der Waals surface area contributed by atoms with Crippen LogP contribution in [0.15, 0.2) is 23.8 Å². The molecule has 2 bridgehead atoms. The number of nitrogens with one attached hydrogen (secondary N) is 1. The molecule has 4 nitrogen and oxygen atoms in total. The van der Waals surface area contributed by atoms with E-state index in [9.17, 15) is 0 Å². The lowest BCUT2D eigenvalue weighted by Gasteiger charge is -2.57. The normalized spacial score (nSPS) is 32.1. The monoisotopic (exact) mass is 404 g/mol. The predicted octanol–water partition coefficient (Wildman–Crippen LogP) is 3.71. The molecule has 1 N–H and O–H groups in total. The number of unbranched alkanes of at least 4 members (excludes halogenated alkanes) is 1. The van der Waals surface area contributed by atoms with Gasteiger partial charge < -0.3 is 19.7 Å². The molecule has 0 aromatic heterocycles. The highest BCUT2D eigenvalue weighted by Crippen LogP contribution is 2.63. The Balaban J connectivity index is 0.00000192. The number of likely N-dealkylation sites (tertiary alicyclic amines) is 1. The Morgan fingerprint density at radius 2 is 2.18 bits per heavy atom. The zero-order valence-corrected chi connectivity index (χ0v) is 18.1. The van der Waals surface area contributed by atoms with Gasteiger partial charge in [0, 0.05) is 23.6 Å². The van der Waals surface area contributed by atoms with Crippen LogP contribution in [0.1, 0.15) is 43.7 Å². The van der Waals surface area contributed by atoms with Gasteiger partial charge in [0.05, 0.1) is 7.11 Å². The van der Waals surface area contributed by atoms with Gasteiger partial charge in [-0.15, -0.1) is 12.4 Å². The Labute approximate surface area is 175 Å². The first kappa shape index (κ1) is 20.1. The van der Waals surface area contributed by atoms with E-state index >= 15 is 0 Å². The van der Waals surface area contributed by atoms with Crippen molar-refractivity contribution >= 4 is 12.4 Å². The zero-order chi connectivity index (χ0) is 18.6. The second kappa shape index (κ2) is 7.55. The van der Waals surface area contributed by atoms with Crippen molar-refractivity contribution in [2.24, 2.45) is 5.92 Å². The summed E-state index contributed by atoms with van der Waals surface area (Å²) in [5.74, 6) is 2.59. The predicted molar refractivity (Wildman–Crippen MR) is 115 cm³/mol. The number of piperidine rings is 1. The van der Waals surface area contributed by atoms with E-state index in [-0.39, 0.29) is 23.9 Å². The lowest BCUT2D eigenvalue weighted by Crippen LogP contribution is -2.63. The van der Waals surface area contributed by atoms with Crippen LogP contribution < -0.4 is 14.8 Å². The van der Waals surface area contributed by atoms with Gasteiger partial charge in [0.2, 0.25) is 0 Å². The minimum Gasteiger partial charge on any atom is -0.493 e. The Bertz CT molecular complexity index is 780. The number of nitrogens with zero attached hydrogens (tertiary/aromatic N) is 1. The number of ether oxygens (including phenoxy) is 2. The SMILES string of the molecule is CCCCNCC1=CC2Oc3c(OC)ccc4c3C23CCN(C)C(C4)C3C1.Cl. The number of likely N-dealkylation sites (N-methyl/N-ethyl adjacent to an activating group) is 1. The van der Waals surface area contributed by atoms with E-state index in [1.165, 1.54) is 42.4 Å². The highest BCUT2D eigenvalue weighted by atomic mass is 35.5. The number of hydrogen-bond donors (Lipinski definition) is 1. The highest BCUT2D eigenvalue weighted by molar-refractivity contribution is 5.85. The first-order chi connectivity index (χ1) is 13.2. The average Bonchev–Trinajstić information content (AvgIpc) is 3.01. The summed E-state index contributed by atoms with van der Waals surface area (Å²) >= 11 is 0. The molecule has 5 heteroatoms. The summed E-state index contributed by atoms with van der Waals surface area (Å²) in [6.45, 7) is 5.52. The molecule has 1 spiro atoms. The summed E-state index contributed by atoms with van der Waals surface area (Å²) in [7, 11) is 4.08. The van der Waals surface area contributed by atoms with Crippen LogP contribution >= 0.6 is 12.4 Å². The molecule has 2 aliphatic heterocycles. The van der Waals surface area contributed by atoms with Crippen LogP contribution in [0.4, 0.5) is 0 Å². The van der Waals surface area contributed by atoms with E-state index in [4.69, 9.17) is 9.47 Å². The lowest BCUT2D eigenvalue weighted by molar-refractivity contribution is -0.00656. The summed E-state index contributed by atoms with van der Waals surface area (Å²) in [4.78, 5) is 2.60. The number of rotatable bonds is 6. The van der Waals surface area contributed by atoms with Crippen LogP contribution in [0.2, 0.25) is 0 Å². The maximum Gasteiger partial charge on any atom is 0.166 e. The maximum absolute atomic E-state index is 6.65. The quantitative estimate of drug-likeness (QED) is 0.578. The molecule has 0 saturated carbocycles. The third-order valence-electron chi connectivity index (χ3n) is 7.57. The molecule has 2 heterocycles. The lowest BCUT2D eigenvalue weighted by atomic mass is 9.52. The summed E-state index contributed by atoms with van der Waals surface area (Å²) < 4.78 is 12.3. The molecule has 1 aromatic rings. The van der Waals surface area contributed by atoms with Crippen molar-refractivity contribution < 1.29 is 9.47 Å². The van der Waals surface area contributed by atoms with Crippen LogP contribution in [-0.2, 0) is 11.8 Å². The molecule has 0 radical (unpaired) electrons. The van der Waals surface area contributed by atoms with Gasteiger partial charge in [0.1, 0.15) is 6.10 Å². The van der Waals surface area contributed by atoms with Gasteiger partial charge in [-0.2, -0.15) is 0 Å². The number of benzene rings is 1. The fourth-order valence-corrected chi connectivity index (χ4v) is 6.23. The van der Waals surface area contributed by atoms with Crippen molar-refractivity contribution in [1.29, 1.82) is 0 Å².